The van der Waals surface area contributed by atoms with Crippen LogP contribution in [0, 0.1) is 0 Å². The summed E-state index contributed by atoms with van der Waals surface area (Å²) in [5.74, 6) is 0. The maximum Gasteiger partial charge on any atom is 0.410 e. The molecule has 0 bridgehead atoms. The second kappa shape index (κ2) is 6.49. The predicted molar refractivity (Wildman–Crippen MR) is 82.3 cm³/mol. The molecule has 1 amide bonds. The van der Waals surface area contributed by atoms with E-state index in [2.05, 4.69) is 17.3 Å². The summed E-state index contributed by atoms with van der Waals surface area (Å²) in [5.41, 5.74) is 3.37. The maximum atomic E-state index is 12.1. The summed E-state index contributed by atoms with van der Waals surface area (Å²) in [6.45, 7) is 11.2. The normalized spacial score (nSPS) is 16.3. The molecular weight excluding hydrogens is 299 g/mol. The van der Waals surface area contributed by atoms with Crippen molar-refractivity contribution in [2.24, 2.45) is 4.99 Å². The smallest absolute Gasteiger partial charge is 0.410 e. The third-order valence-corrected chi connectivity index (χ3v) is 2.85. The molecule has 0 N–H and O–H groups in total. The molecule has 0 aromatic heterocycles. The quantitative estimate of drug-likeness (QED) is 0.569. The number of carbonyl (C=O) groups excluding carboxylic acids is 1. The number of hydrogen-bond donors (Lipinski definition) is 0. The Bertz CT molecular complexity index is 520. The molecule has 1 aliphatic rings. The molecule has 0 aromatic carbocycles. The van der Waals surface area contributed by atoms with Gasteiger partial charge in [0, 0.05) is 5.57 Å². The van der Waals surface area contributed by atoms with Gasteiger partial charge in [-0.3, -0.25) is 4.90 Å². The van der Waals surface area contributed by atoms with Crippen molar-refractivity contribution in [1.29, 1.82) is 0 Å². The lowest BCUT2D eigenvalue weighted by molar-refractivity contribution is 0.0299. The Kier molecular flexibility index (Phi) is 5.46. The Labute approximate surface area is 129 Å². The SMILES string of the molecule is C=C=C(Cl)C1=C(N=C(C)Cl)CN(C(=O)OC(C)(C)C)C1. The zero-order valence-electron chi connectivity index (χ0n) is 12.1. The minimum atomic E-state index is -0.552. The van der Waals surface area contributed by atoms with Crippen LogP contribution in [0.3, 0.4) is 0 Å². The third-order valence-electron chi connectivity index (χ3n) is 2.40. The maximum absolute atomic E-state index is 12.1. The molecule has 0 saturated heterocycles. The minimum Gasteiger partial charge on any atom is -0.444 e. The molecule has 0 atom stereocenters. The first-order chi connectivity index (χ1) is 9.14. The molecule has 0 aromatic rings. The van der Waals surface area contributed by atoms with Crippen LogP contribution in [0.2, 0.25) is 0 Å². The zero-order valence-corrected chi connectivity index (χ0v) is 13.6. The molecule has 6 heteroatoms. The number of hydrogen-bond acceptors (Lipinski definition) is 3. The van der Waals surface area contributed by atoms with Crippen molar-refractivity contribution in [2.45, 2.75) is 33.3 Å². The Morgan fingerprint density at radius 3 is 2.45 bits per heavy atom. The number of aliphatic imine (C=N–C) groups is 1. The van der Waals surface area contributed by atoms with Crippen LogP contribution in [-0.2, 0) is 4.74 Å². The number of rotatable bonds is 2. The fourth-order valence-corrected chi connectivity index (χ4v) is 1.93. The lowest BCUT2D eigenvalue weighted by atomic mass is 10.2. The van der Waals surface area contributed by atoms with E-state index in [-0.39, 0.29) is 0 Å². The number of amides is 1. The van der Waals surface area contributed by atoms with Gasteiger partial charge in [0.25, 0.3) is 0 Å². The van der Waals surface area contributed by atoms with Gasteiger partial charge < -0.3 is 4.74 Å². The van der Waals surface area contributed by atoms with Crippen LogP contribution in [0.25, 0.3) is 0 Å². The van der Waals surface area contributed by atoms with E-state index in [0.29, 0.717) is 34.6 Å². The molecule has 4 nitrogen and oxygen atoms in total. The highest BCUT2D eigenvalue weighted by Gasteiger charge is 2.30. The highest BCUT2D eigenvalue weighted by Crippen LogP contribution is 2.28. The predicted octanol–water partition coefficient (Wildman–Crippen LogP) is 4.06. The van der Waals surface area contributed by atoms with Crippen LogP contribution < -0.4 is 0 Å². The van der Waals surface area contributed by atoms with Crippen LogP contribution >= 0.6 is 23.2 Å². The van der Waals surface area contributed by atoms with Gasteiger partial charge in [-0.25, -0.2) is 9.79 Å². The van der Waals surface area contributed by atoms with E-state index in [9.17, 15) is 4.79 Å². The first-order valence-electron chi connectivity index (χ1n) is 6.10. The summed E-state index contributed by atoms with van der Waals surface area (Å²) < 4.78 is 5.33. The summed E-state index contributed by atoms with van der Waals surface area (Å²) in [7, 11) is 0. The average molecular weight is 317 g/mol. The summed E-state index contributed by atoms with van der Waals surface area (Å²) in [5, 5.41) is 0.713. The Morgan fingerprint density at radius 2 is 2.00 bits per heavy atom. The van der Waals surface area contributed by atoms with Crippen molar-refractivity contribution < 1.29 is 9.53 Å². The van der Waals surface area contributed by atoms with Crippen molar-refractivity contribution in [3.63, 3.8) is 0 Å². The molecule has 0 radical (unpaired) electrons. The zero-order chi connectivity index (χ0) is 15.5. The van der Waals surface area contributed by atoms with Gasteiger partial charge in [0.1, 0.15) is 10.8 Å². The van der Waals surface area contributed by atoms with Crippen molar-refractivity contribution in [1.82, 2.24) is 4.90 Å². The van der Waals surface area contributed by atoms with E-state index >= 15 is 0 Å². The van der Waals surface area contributed by atoms with E-state index < -0.39 is 11.7 Å². The van der Waals surface area contributed by atoms with E-state index in [0.717, 1.165) is 0 Å². The molecule has 20 heavy (non-hydrogen) atoms. The van der Waals surface area contributed by atoms with Crippen LogP contribution in [0.1, 0.15) is 27.7 Å². The van der Waals surface area contributed by atoms with Gasteiger partial charge in [0.15, 0.2) is 0 Å². The van der Waals surface area contributed by atoms with Crippen molar-refractivity contribution >= 4 is 34.5 Å². The molecule has 0 unspecified atom stereocenters. The number of ether oxygens (including phenoxy) is 1. The van der Waals surface area contributed by atoms with Gasteiger partial charge in [0.05, 0.1) is 23.8 Å². The minimum absolute atomic E-state index is 0.298. The standard InChI is InChI=1S/C14H18Cl2N2O2/c1-6-11(16)10-7-18(8-12(10)17-9(2)15)13(19)20-14(3,4)5/h1,7-8H2,2-5H3. The van der Waals surface area contributed by atoms with Gasteiger partial charge >= 0.3 is 6.09 Å². The monoisotopic (exact) mass is 316 g/mol. The summed E-state index contributed by atoms with van der Waals surface area (Å²) >= 11 is 11.8. The first kappa shape index (κ1) is 16.8. The van der Waals surface area contributed by atoms with Crippen molar-refractivity contribution in [3.8, 4) is 0 Å². The van der Waals surface area contributed by atoms with E-state index in [1.165, 1.54) is 4.90 Å². The van der Waals surface area contributed by atoms with Crippen LogP contribution in [-0.4, -0.2) is 34.9 Å². The van der Waals surface area contributed by atoms with Gasteiger partial charge in [-0.1, -0.05) is 29.8 Å². The van der Waals surface area contributed by atoms with E-state index in [1.54, 1.807) is 6.92 Å². The lowest BCUT2D eigenvalue weighted by Crippen LogP contribution is -2.35. The molecule has 0 fully saturated rings. The first-order valence-corrected chi connectivity index (χ1v) is 6.86. The second-order valence-electron chi connectivity index (χ2n) is 5.36. The Balaban J connectivity index is 2.95. The highest BCUT2D eigenvalue weighted by molar-refractivity contribution is 6.64. The van der Waals surface area contributed by atoms with Gasteiger partial charge in [-0.05, 0) is 27.7 Å². The number of nitrogens with zero attached hydrogens (tertiary/aromatic N) is 2. The largest absolute Gasteiger partial charge is 0.444 e. The van der Waals surface area contributed by atoms with Crippen molar-refractivity contribution in [3.05, 3.63) is 28.6 Å². The summed E-state index contributed by atoms with van der Waals surface area (Å²) in [4.78, 5) is 17.8. The van der Waals surface area contributed by atoms with Crippen LogP contribution in [0.5, 0.6) is 0 Å². The summed E-state index contributed by atoms with van der Waals surface area (Å²) in [6.07, 6.45) is -0.416. The third kappa shape index (κ3) is 4.71. The fourth-order valence-electron chi connectivity index (χ4n) is 1.66. The van der Waals surface area contributed by atoms with Crippen LogP contribution in [0.4, 0.5) is 4.79 Å². The van der Waals surface area contributed by atoms with E-state index in [1.807, 2.05) is 20.8 Å². The number of halogens is 2. The molecule has 0 saturated carbocycles. The molecule has 110 valence electrons. The molecule has 1 rings (SSSR count). The van der Waals surface area contributed by atoms with Gasteiger partial charge in [-0.15, -0.1) is 5.73 Å². The van der Waals surface area contributed by atoms with Gasteiger partial charge in [-0.2, -0.15) is 0 Å². The highest BCUT2D eigenvalue weighted by atomic mass is 35.5. The topological polar surface area (TPSA) is 41.9 Å². The second-order valence-corrected chi connectivity index (χ2v) is 6.29. The molecular formula is C14H18Cl2N2O2. The van der Waals surface area contributed by atoms with Crippen LogP contribution in [0.15, 0.2) is 33.6 Å². The number of carbonyl (C=O) groups is 1. The lowest BCUT2D eigenvalue weighted by Gasteiger charge is -2.24. The average Bonchev–Trinajstić information content (AvgIpc) is 2.69. The Hall–Kier alpha value is -1.22. The van der Waals surface area contributed by atoms with E-state index in [4.69, 9.17) is 27.9 Å². The molecule has 0 spiro atoms. The fraction of sp³-hybridized carbons (Fsp3) is 0.500. The molecule has 1 aliphatic heterocycles. The molecule has 1 heterocycles. The molecule has 0 aliphatic carbocycles. The van der Waals surface area contributed by atoms with Gasteiger partial charge in [0.2, 0.25) is 0 Å². The van der Waals surface area contributed by atoms with Crippen molar-refractivity contribution in [2.75, 3.05) is 13.1 Å². The summed E-state index contributed by atoms with van der Waals surface area (Å²) in [6, 6.07) is 0. The Morgan fingerprint density at radius 1 is 1.40 bits per heavy atom.